The highest BCUT2D eigenvalue weighted by Gasteiger charge is 2.24. The van der Waals surface area contributed by atoms with Crippen LogP contribution in [-0.2, 0) is 9.59 Å². The van der Waals surface area contributed by atoms with E-state index in [2.05, 4.69) is 16.0 Å². The second kappa shape index (κ2) is 4.61. The van der Waals surface area contributed by atoms with Crippen molar-refractivity contribution < 1.29 is 9.59 Å². The molecule has 2 atom stereocenters. The van der Waals surface area contributed by atoms with Crippen LogP contribution in [0.25, 0.3) is 0 Å². The molecule has 0 aliphatic carbocycles. The van der Waals surface area contributed by atoms with E-state index < -0.39 is 0 Å². The lowest BCUT2D eigenvalue weighted by Crippen LogP contribution is -2.39. The number of nitrogens with one attached hydrogen (secondary N) is 3. The molecule has 2 fully saturated rings. The molecule has 0 spiro atoms. The van der Waals surface area contributed by atoms with Crippen LogP contribution in [0, 0.1) is 0 Å². The summed E-state index contributed by atoms with van der Waals surface area (Å²) in [6.07, 6.45) is 3.19. The fraction of sp³-hybridized carbons (Fsp3) is 0.800. The predicted molar refractivity (Wildman–Crippen MR) is 55.2 cm³/mol. The molecule has 0 aromatic rings. The molecule has 2 aliphatic rings. The molecule has 3 N–H and O–H groups in total. The smallest absolute Gasteiger partial charge is 0.222 e. The highest BCUT2D eigenvalue weighted by atomic mass is 16.2. The average molecular weight is 211 g/mol. The maximum Gasteiger partial charge on any atom is 0.222 e. The van der Waals surface area contributed by atoms with Crippen molar-refractivity contribution >= 4 is 11.8 Å². The molecule has 0 saturated carbocycles. The van der Waals surface area contributed by atoms with Gasteiger partial charge in [-0.1, -0.05) is 0 Å². The Morgan fingerprint density at radius 1 is 1.53 bits per heavy atom. The minimum atomic E-state index is -0.00796. The summed E-state index contributed by atoms with van der Waals surface area (Å²) in [5, 5.41) is 8.85. The van der Waals surface area contributed by atoms with Crippen LogP contribution in [0.5, 0.6) is 0 Å². The second-order valence-electron chi connectivity index (χ2n) is 4.27. The van der Waals surface area contributed by atoms with Gasteiger partial charge in [-0.05, 0) is 19.4 Å². The normalized spacial score (nSPS) is 30.3. The maximum absolute atomic E-state index is 11.6. The van der Waals surface area contributed by atoms with Crippen LogP contribution in [-0.4, -0.2) is 37.0 Å². The number of amides is 2. The summed E-state index contributed by atoms with van der Waals surface area (Å²) in [5.41, 5.74) is 0. The Bertz CT molecular complexity index is 261. The molecule has 2 aliphatic heterocycles. The van der Waals surface area contributed by atoms with Gasteiger partial charge in [0.05, 0.1) is 6.04 Å². The lowest BCUT2D eigenvalue weighted by molar-refractivity contribution is -0.122. The lowest BCUT2D eigenvalue weighted by atomic mass is 10.1. The topological polar surface area (TPSA) is 70.2 Å². The predicted octanol–water partition coefficient (Wildman–Crippen LogP) is -0.867. The number of carbonyl (C=O) groups is 2. The van der Waals surface area contributed by atoms with Crippen molar-refractivity contribution in [3.8, 4) is 0 Å². The van der Waals surface area contributed by atoms with Crippen LogP contribution in [0.1, 0.15) is 25.7 Å². The molecule has 5 nitrogen and oxygen atoms in total. The van der Waals surface area contributed by atoms with Gasteiger partial charge in [-0.15, -0.1) is 0 Å². The van der Waals surface area contributed by atoms with Crippen molar-refractivity contribution in [3.63, 3.8) is 0 Å². The van der Waals surface area contributed by atoms with Crippen LogP contribution in [0.4, 0.5) is 0 Å². The van der Waals surface area contributed by atoms with Crippen molar-refractivity contribution in [1.82, 2.24) is 16.0 Å². The third kappa shape index (κ3) is 2.92. The molecule has 2 heterocycles. The first kappa shape index (κ1) is 10.4. The van der Waals surface area contributed by atoms with Crippen LogP contribution < -0.4 is 16.0 Å². The van der Waals surface area contributed by atoms with Gasteiger partial charge < -0.3 is 16.0 Å². The number of rotatable bonds is 3. The number of hydrogen-bond donors (Lipinski definition) is 3. The summed E-state index contributed by atoms with van der Waals surface area (Å²) >= 11 is 0. The SMILES string of the molecule is O=C1CC(NC(=O)CC2CCCN2)CN1. The average Bonchev–Trinajstić information content (AvgIpc) is 2.77. The first-order valence-corrected chi connectivity index (χ1v) is 5.53. The molecule has 0 radical (unpaired) electrons. The third-order valence-corrected chi connectivity index (χ3v) is 2.94. The molecular formula is C10H17N3O2. The first-order chi connectivity index (χ1) is 7.24. The largest absolute Gasteiger partial charge is 0.354 e. The number of carbonyl (C=O) groups excluding carboxylic acids is 2. The zero-order valence-electron chi connectivity index (χ0n) is 8.71. The van der Waals surface area contributed by atoms with Crippen LogP contribution in [0.3, 0.4) is 0 Å². The molecule has 2 unspecified atom stereocenters. The van der Waals surface area contributed by atoms with Gasteiger partial charge in [-0.3, -0.25) is 9.59 Å². The van der Waals surface area contributed by atoms with E-state index >= 15 is 0 Å². The molecule has 2 rings (SSSR count). The Balaban J connectivity index is 1.70. The second-order valence-corrected chi connectivity index (χ2v) is 4.27. The van der Waals surface area contributed by atoms with Gasteiger partial charge in [0, 0.05) is 25.4 Å². The van der Waals surface area contributed by atoms with E-state index in [1.54, 1.807) is 0 Å². The highest BCUT2D eigenvalue weighted by molar-refractivity contribution is 5.82. The van der Waals surface area contributed by atoms with E-state index in [0.29, 0.717) is 25.4 Å². The molecule has 2 saturated heterocycles. The molecule has 15 heavy (non-hydrogen) atoms. The quantitative estimate of drug-likeness (QED) is 0.568. The number of hydrogen-bond acceptors (Lipinski definition) is 3. The Hall–Kier alpha value is -1.10. The van der Waals surface area contributed by atoms with Gasteiger partial charge in [0.15, 0.2) is 0 Å². The van der Waals surface area contributed by atoms with Crippen molar-refractivity contribution in [3.05, 3.63) is 0 Å². The molecule has 0 bridgehead atoms. The zero-order valence-corrected chi connectivity index (χ0v) is 8.71. The monoisotopic (exact) mass is 211 g/mol. The molecule has 84 valence electrons. The fourth-order valence-corrected chi connectivity index (χ4v) is 2.15. The summed E-state index contributed by atoms with van der Waals surface area (Å²) in [6, 6.07) is 0.321. The van der Waals surface area contributed by atoms with Gasteiger partial charge >= 0.3 is 0 Å². The van der Waals surface area contributed by atoms with Crippen molar-refractivity contribution in [2.75, 3.05) is 13.1 Å². The van der Waals surface area contributed by atoms with E-state index in [4.69, 9.17) is 0 Å². The van der Waals surface area contributed by atoms with Gasteiger partial charge in [0.1, 0.15) is 0 Å². The Kier molecular flexibility index (Phi) is 3.20. The summed E-state index contributed by atoms with van der Waals surface area (Å²) in [6.45, 7) is 1.59. The zero-order chi connectivity index (χ0) is 10.7. The summed E-state index contributed by atoms with van der Waals surface area (Å²) in [5.74, 6) is 0.0789. The van der Waals surface area contributed by atoms with Crippen LogP contribution in [0.15, 0.2) is 0 Å². The van der Waals surface area contributed by atoms with E-state index in [1.165, 1.54) is 0 Å². The molecule has 2 amide bonds. The molecule has 0 aromatic heterocycles. The minimum absolute atomic E-state index is 0.00796. The molecule has 5 heteroatoms. The van der Waals surface area contributed by atoms with Gasteiger partial charge in [0.25, 0.3) is 0 Å². The summed E-state index contributed by atoms with van der Waals surface area (Å²) in [7, 11) is 0. The third-order valence-electron chi connectivity index (χ3n) is 2.94. The lowest BCUT2D eigenvalue weighted by Gasteiger charge is -2.13. The minimum Gasteiger partial charge on any atom is -0.354 e. The van der Waals surface area contributed by atoms with E-state index in [1.807, 2.05) is 0 Å². The summed E-state index contributed by atoms with van der Waals surface area (Å²) < 4.78 is 0. The summed E-state index contributed by atoms with van der Waals surface area (Å²) in [4.78, 5) is 22.5. The first-order valence-electron chi connectivity index (χ1n) is 5.53. The van der Waals surface area contributed by atoms with E-state index in [9.17, 15) is 9.59 Å². The standard InChI is InChI=1S/C10H17N3O2/c14-9-5-8(6-12-9)13-10(15)4-7-2-1-3-11-7/h7-8,11H,1-6H2,(H,12,14)(H,13,15). The van der Waals surface area contributed by atoms with Crippen LogP contribution >= 0.6 is 0 Å². The Morgan fingerprint density at radius 3 is 3.00 bits per heavy atom. The molecule has 0 aromatic carbocycles. The molecular weight excluding hydrogens is 194 g/mol. The Labute approximate surface area is 89.0 Å². The Morgan fingerprint density at radius 2 is 2.40 bits per heavy atom. The van der Waals surface area contributed by atoms with Gasteiger partial charge in [-0.25, -0.2) is 0 Å². The van der Waals surface area contributed by atoms with Gasteiger partial charge in [0.2, 0.25) is 11.8 Å². The van der Waals surface area contributed by atoms with E-state index in [0.717, 1.165) is 19.4 Å². The van der Waals surface area contributed by atoms with Gasteiger partial charge in [-0.2, -0.15) is 0 Å². The fourth-order valence-electron chi connectivity index (χ4n) is 2.15. The van der Waals surface area contributed by atoms with E-state index in [-0.39, 0.29) is 17.9 Å². The van der Waals surface area contributed by atoms with Crippen LogP contribution in [0.2, 0.25) is 0 Å². The maximum atomic E-state index is 11.6. The van der Waals surface area contributed by atoms with Crippen molar-refractivity contribution in [1.29, 1.82) is 0 Å². The van der Waals surface area contributed by atoms with Crippen molar-refractivity contribution in [2.24, 2.45) is 0 Å². The highest BCUT2D eigenvalue weighted by Crippen LogP contribution is 2.09. The van der Waals surface area contributed by atoms with Crippen molar-refractivity contribution in [2.45, 2.75) is 37.8 Å².